The van der Waals surface area contributed by atoms with Crippen LogP contribution in [0.25, 0.3) is 0 Å². The van der Waals surface area contributed by atoms with Crippen LogP contribution >= 0.6 is 27.3 Å². The molecule has 0 atom stereocenters. The average Bonchev–Trinajstić information content (AvgIpc) is 2.92. The SMILES string of the molecule is CCc1nn(C)cc1C(=O)NCc1sccc1Br. The Hall–Kier alpha value is -1.14. The van der Waals surface area contributed by atoms with Crippen LogP contribution in [0.3, 0.4) is 0 Å². The Morgan fingerprint density at radius 2 is 2.39 bits per heavy atom. The number of thiophene rings is 1. The van der Waals surface area contributed by atoms with E-state index in [0.717, 1.165) is 21.5 Å². The highest BCUT2D eigenvalue weighted by Crippen LogP contribution is 2.22. The maximum absolute atomic E-state index is 12.1. The van der Waals surface area contributed by atoms with Crippen molar-refractivity contribution in [3.8, 4) is 0 Å². The molecule has 2 aromatic heterocycles. The molecular formula is C12H14BrN3OS. The van der Waals surface area contributed by atoms with Crippen LogP contribution in [0.15, 0.2) is 22.1 Å². The van der Waals surface area contributed by atoms with E-state index in [1.807, 2.05) is 25.4 Å². The summed E-state index contributed by atoms with van der Waals surface area (Å²) in [7, 11) is 1.83. The molecular weight excluding hydrogens is 314 g/mol. The van der Waals surface area contributed by atoms with Crippen LogP contribution < -0.4 is 5.32 Å². The summed E-state index contributed by atoms with van der Waals surface area (Å²) in [5.74, 6) is -0.0692. The van der Waals surface area contributed by atoms with Crippen molar-refractivity contribution in [2.45, 2.75) is 19.9 Å². The quantitative estimate of drug-likeness (QED) is 0.938. The number of amides is 1. The van der Waals surface area contributed by atoms with Gasteiger partial charge < -0.3 is 5.32 Å². The number of aryl methyl sites for hydroxylation is 2. The summed E-state index contributed by atoms with van der Waals surface area (Å²) in [6, 6.07) is 1.98. The fourth-order valence-electron chi connectivity index (χ4n) is 1.69. The first kappa shape index (κ1) is 13.3. The molecule has 0 aliphatic rings. The van der Waals surface area contributed by atoms with Crippen LogP contribution in [-0.4, -0.2) is 15.7 Å². The molecule has 2 rings (SSSR count). The maximum atomic E-state index is 12.1. The first-order valence-corrected chi connectivity index (χ1v) is 7.31. The Morgan fingerprint density at radius 1 is 1.61 bits per heavy atom. The first-order valence-electron chi connectivity index (χ1n) is 5.64. The Bertz CT molecular complexity index is 561. The molecule has 0 aliphatic carbocycles. The summed E-state index contributed by atoms with van der Waals surface area (Å²) in [6.45, 7) is 2.53. The van der Waals surface area contributed by atoms with E-state index in [9.17, 15) is 4.79 Å². The Labute approximate surface area is 118 Å². The summed E-state index contributed by atoms with van der Waals surface area (Å²) >= 11 is 5.07. The van der Waals surface area contributed by atoms with Crippen LogP contribution in [0.2, 0.25) is 0 Å². The van der Waals surface area contributed by atoms with E-state index in [-0.39, 0.29) is 5.91 Å². The lowest BCUT2D eigenvalue weighted by Gasteiger charge is -2.03. The van der Waals surface area contributed by atoms with E-state index in [1.165, 1.54) is 0 Å². The van der Waals surface area contributed by atoms with Crippen molar-refractivity contribution >= 4 is 33.2 Å². The van der Waals surface area contributed by atoms with Gasteiger partial charge in [0.1, 0.15) is 0 Å². The molecule has 0 saturated heterocycles. The van der Waals surface area contributed by atoms with Crippen molar-refractivity contribution in [3.05, 3.63) is 38.3 Å². The van der Waals surface area contributed by atoms with Crippen molar-refractivity contribution in [3.63, 3.8) is 0 Å². The number of carbonyl (C=O) groups excluding carboxylic acids is 1. The number of carbonyl (C=O) groups is 1. The molecule has 4 nitrogen and oxygen atoms in total. The van der Waals surface area contributed by atoms with Crippen molar-refractivity contribution < 1.29 is 4.79 Å². The van der Waals surface area contributed by atoms with Gasteiger partial charge in [0.25, 0.3) is 5.91 Å². The lowest BCUT2D eigenvalue weighted by Crippen LogP contribution is -2.23. The monoisotopic (exact) mass is 327 g/mol. The first-order chi connectivity index (χ1) is 8.61. The van der Waals surface area contributed by atoms with Gasteiger partial charge in [0.2, 0.25) is 0 Å². The minimum Gasteiger partial charge on any atom is -0.347 e. The van der Waals surface area contributed by atoms with E-state index in [2.05, 4.69) is 26.3 Å². The molecule has 96 valence electrons. The Morgan fingerprint density at radius 3 is 3.00 bits per heavy atom. The molecule has 2 aromatic rings. The number of halogens is 1. The summed E-state index contributed by atoms with van der Waals surface area (Å²) in [5, 5.41) is 9.17. The van der Waals surface area contributed by atoms with Crippen LogP contribution in [-0.2, 0) is 20.0 Å². The van der Waals surface area contributed by atoms with E-state index in [4.69, 9.17) is 0 Å². The maximum Gasteiger partial charge on any atom is 0.255 e. The second-order valence-corrected chi connectivity index (χ2v) is 5.75. The van der Waals surface area contributed by atoms with E-state index in [0.29, 0.717) is 12.1 Å². The molecule has 0 radical (unpaired) electrons. The van der Waals surface area contributed by atoms with E-state index >= 15 is 0 Å². The van der Waals surface area contributed by atoms with Gasteiger partial charge in [-0.05, 0) is 33.8 Å². The highest BCUT2D eigenvalue weighted by atomic mass is 79.9. The predicted molar refractivity (Wildman–Crippen MR) is 75.8 cm³/mol. The topological polar surface area (TPSA) is 46.9 Å². The highest BCUT2D eigenvalue weighted by molar-refractivity contribution is 9.10. The van der Waals surface area contributed by atoms with Gasteiger partial charge in [-0.1, -0.05) is 6.92 Å². The average molecular weight is 328 g/mol. The van der Waals surface area contributed by atoms with Gasteiger partial charge in [-0.2, -0.15) is 5.10 Å². The molecule has 6 heteroatoms. The molecule has 1 N–H and O–H groups in total. The molecule has 2 heterocycles. The normalized spacial score (nSPS) is 10.6. The zero-order valence-electron chi connectivity index (χ0n) is 10.2. The van der Waals surface area contributed by atoms with Crippen LogP contribution in [0.1, 0.15) is 27.9 Å². The summed E-state index contributed by atoms with van der Waals surface area (Å²) in [6.07, 6.45) is 2.52. The summed E-state index contributed by atoms with van der Waals surface area (Å²) in [4.78, 5) is 13.2. The van der Waals surface area contributed by atoms with Crippen molar-refractivity contribution in [1.29, 1.82) is 0 Å². The molecule has 0 spiro atoms. The van der Waals surface area contributed by atoms with Gasteiger partial charge >= 0.3 is 0 Å². The third-order valence-electron chi connectivity index (χ3n) is 2.59. The number of rotatable bonds is 4. The summed E-state index contributed by atoms with van der Waals surface area (Å²) < 4.78 is 2.71. The van der Waals surface area contributed by atoms with Gasteiger partial charge in [-0.3, -0.25) is 9.48 Å². The molecule has 1 amide bonds. The van der Waals surface area contributed by atoms with Crippen LogP contribution in [0.4, 0.5) is 0 Å². The van der Waals surface area contributed by atoms with Gasteiger partial charge in [-0.15, -0.1) is 11.3 Å². The van der Waals surface area contributed by atoms with Crippen molar-refractivity contribution in [1.82, 2.24) is 15.1 Å². The molecule has 0 aliphatic heterocycles. The predicted octanol–water partition coefficient (Wildman–Crippen LogP) is 2.74. The van der Waals surface area contributed by atoms with Crippen molar-refractivity contribution in [2.24, 2.45) is 7.05 Å². The Kier molecular flexibility index (Phi) is 4.19. The molecule has 18 heavy (non-hydrogen) atoms. The van der Waals surface area contributed by atoms with Gasteiger partial charge in [0, 0.05) is 22.6 Å². The molecule has 0 fully saturated rings. The smallest absolute Gasteiger partial charge is 0.255 e. The number of hydrogen-bond donors (Lipinski definition) is 1. The number of nitrogens with zero attached hydrogens (tertiary/aromatic N) is 2. The zero-order chi connectivity index (χ0) is 13.1. The van der Waals surface area contributed by atoms with Gasteiger partial charge in [-0.25, -0.2) is 0 Å². The van der Waals surface area contributed by atoms with E-state index < -0.39 is 0 Å². The Balaban J connectivity index is 2.06. The lowest BCUT2D eigenvalue weighted by molar-refractivity contribution is 0.0950. The molecule has 0 bridgehead atoms. The molecule has 0 aromatic carbocycles. The van der Waals surface area contributed by atoms with Crippen LogP contribution in [0.5, 0.6) is 0 Å². The summed E-state index contributed by atoms with van der Waals surface area (Å²) in [5.41, 5.74) is 1.49. The fourth-order valence-corrected chi connectivity index (χ4v) is 3.12. The number of hydrogen-bond acceptors (Lipinski definition) is 3. The molecule has 0 saturated carbocycles. The minimum absolute atomic E-state index is 0.0692. The van der Waals surface area contributed by atoms with E-state index in [1.54, 1.807) is 22.2 Å². The molecule has 0 unspecified atom stereocenters. The third-order valence-corrected chi connectivity index (χ3v) is 4.51. The van der Waals surface area contributed by atoms with Crippen molar-refractivity contribution in [2.75, 3.05) is 0 Å². The lowest BCUT2D eigenvalue weighted by atomic mass is 10.2. The van der Waals surface area contributed by atoms with Crippen LogP contribution in [0, 0.1) is 0 Å². The zero-order valence-corrected chi connectivity index (χ0v) is 12.6. The number of aromatic nitrogens is 2. The minimum atomic E-state index is -0.0692. The van der Waals surface area contributed by atoms with Gasteiger partial charge in [0.15, 0.2) is 0 Å². The second-order valence-electron chi connectivity index (χ2n) is 3.89. The fraction of sp³-hybridized carbons (Fsp3) is 0.333. The largest absolute Gasteiger partial charge is 0.347 e. The van der Waals surface area contributed by atoms with Gasteiger partial charge in [0.05, 0.1) is 17.8 Å². The standard InChI is InChI=1S/C12H14BrN3OS/c1-3-10-8(7-16(2)15-10)12(17)14-6-11-9(13)4-5-18-11/h4-5,7H,3,6H2,1-2H3,(H,14,17). The third kappa shape index (κ3) is 2.81. The number of nitrogens with one attached hydrogen (secondary N) is 1. The highest BCUT2D eigenvalue weighted by Gasteiger charge is 2.14. The second kappa shape index (κ2) is 5.67.